The molecule has 0 saturated heterocycles. The Morgan fingerprint density at radius 2 is 2.16 bits per heavy atom. The molecule has 5 heteroatoms. The van der Waals surface area contributed by atoms with E-state index >= 15 is 0 Å². The van der Waals surface area contributed by atoms with Crippen LogP contribution in [0.2, 0.25) is 5.02 Å². The van der Waals surface area contributed by atoms with Gasteiger partial charge in [0.25, 0.3) is 5.91 Å². The molecule has 1 aromatic carbocycles. The van der Waals surface area contributed by atoms with Gasteiger partial charge in [0.05, 0.1) is 11.7 Å². The van der Waals surface area contributed by atoms with Crippen LogP contribution >= 0.6 is 11.6 Å². The van der Waals surface area contributed by atoms with Crippen molar-refractivity contribution in [2.24, 2.45) is 5.92 Å². The van der Waals surface area contributed by atoms with Crippen LogP contribution in [0.1, 0.15) is 36.0 Å². The SMILES string of the molecule is O=C(NCC1CCCCC1O)c1ccc(Cl)cc1F. The molecule has 2 unspecified atom stereocenters. The van der Waals surface area contributed by atoms with Gasteiger partial charge in [-0.2, -0.15) is 0 Å². The molecular formula is C14H17ClFNO2. The van der Waals surface area contributed by atoms with Crippen LogP contribution in [-0.2, 0) is 0 Å². The maximum atomic E-state index is 13.5. The lowest BCUT2D eigenvalue weighted by molar-refractivity contribution is 0.0662. The van der Waals surface area contributed by atoms with E-state index in [0.29, 0.717) is 6.54 Å². The van der Waals surface area contributed by atoms with E-state index in [9.17, 15) is 14.3 Å². The summed E-state index contributed by atoms with van der Waals surface area (Å²) in [4.78, 5) is 11.9. The minimum Gasteiger partial charge on any atom is -0.393 e. The van der Waals surface area contributed by atoms with E-state index in [-0.39, 0.29) is 22.6 Å². The van der Waals surface area contributed by atoms with Crippen LogP contribution in [0.3, 0.4) is 0 Å². The molecule has 0 spiro atoms. The van der Waals surface area contributed by atoms with Crippen LogP contribution in [0.5, 0.6) is 0 Å². The predicted molar refractivity (Wildman–Crippen MR) is 71.7 cm³/mol. The predicted octanol–water partition coefficient (Wildman–Crippen LogP) is 2.76. The fourth-order valence-corrected chi connectivity index (χ4v) is 2.58. The van der Waals surface area contributed by atoms with Gasteiger partial charge in [0, 0.05) is 17.5 Å². The van der Waals surface area contributed by atoms with E-state index in [4.69, 9.17) is 11.6 Å². The number of halogens is 2. The first kappa shape index (κ1) is 14.3. The molecular weight excluding hydrogens is 269 g/mol. The summed E-state index contributed by atoms with van der Waals surface area (Å²) in [6.07, 6.45) is 3.38. The van der Waals surface area contributed by atoms with Gasteiger partial charge < -0.3 is 10.4 Å². The van der Waals surface area contributed by atoms with Crippen molar-refractivity contribution in [2.45, 2.75) is 31.8 Å². The molecule has 1 aromatic rings. The smallest absolute Gasteiger partial charge is 0.254 e. The largest absolute Gasteiger partial charge is 0.393 e. The molecule has 1 saturated carbocycles. The van der Waals surface area contributed by atoms with Crippen molar-refractivity contribution in [2.75, 3.05) is 6.54 Å². The molecule has 2 N–H and O–H groups in total. The second-order valence-electron chi connectivity index (χ2n) is 4.95. The summed E-state index contributed by atoms with van der Waals surface area (Å²) < 4.78 is 13.5. The van der Waals surface area contributed by atoms with Gasteiger partial charge in [-0.05, 0) is 31.0 Å². The van der Waals surface area contributed by atoms with Gasteiger partial charge in [-0.1, -0.05) is 24.4 Å². The second kappa shape index (κ2) is 6.35. The molecule has 2 rings (SSSR count). The van der Waals surface area contributed by atoms with Crippen molar-refractivity contribution < 1.29 is 14.3 Å². The zero-order chi connectivity index (χ0) is 13.8. The number of carbonyl (C=O) groups is 1. The monoisotopic (exact) mass is 285 g/mol. The standard InChI is InChI=1S/C14H17ClFNO2/c15-10-5-6-11(12(16)7-10)14(19)17-8-9-3-1-2-4-13(9)18/h5-7,9,13,18H,1-4,8H2,(H,17,19). The number of amides is 1. The van der Waals surface area contributed by atoms with Crippen LogP contribution in [0, 0.1) is 11.7 Å². The Morgan fingerprint density at radius 1 is 1.42 bits per heavy atom. The highest BCUT2D eigenvalue weighted by Gasteiger charge is 2.23. The van der Waals surface area contributed by atoms with Gasteiger partial charge in [-0.25, -0.2) is 4.39 Å². The number of carbonyl (C=O) groups excluding carboxylic acids is 1. The molecule has 104 valence electrons. The molecule has 0 radical (unpaired) electrons. The summed E-state index contributed by atoms with van der Waals surface area (Å²) in [5.41, 5.74) is -0.0188. The maximum Gasteiger partial charge on any atom is 0.254 e. The van der Waals surface area contributed by atoms with Crippen LogP contribution in [0.15, 0.2) is 18.2 Å². The molecule has 1 fully saturated rings. The Balaban J connectivity index is 1.93. The molecule has 1 amide bonds. The van der Waals surface area contributed by atoms with Gasteiger partial charge in [-0.3, -0.25) is 4.79 Å². The number of aliphatic hydroxyl groups excluding tert-OH is 1. The van der Waals surface area contributed by atoms with E-state index in [1.165, 1.54) is 12.1 Å². The van der Waals surface area contributed by atoms with Gasteiger partial charge in [-0.15, -0.1) is 0 Å². The fourth-order valence-electron chi connectivity index (χ4n) is 2.42. The third-order valence-electron chi connectivity index (χ3n) is 3.57. The van der Waals surface area contributed by atoms with E-state index in [1.54, 1.807) is 0 Å². The van der Waals surface area contributed by atoms with Crippen molar-refractivity contribution in [1.82, 2.24) is 5.32 Å². The van der Waals surface area contributed by atoms with Crippen LogP contribution < -0.4 is 5.32 Å². The summed E-state index contributed by atoms with van der Waals surface area (Å²) in [5, 5.41) is 12.7. The molecule has 1 aliphatic carbocycles. The minimum absolute atomic E-state index is 0.0188. The quantitative estimate of drug-likeness (QED) is 0.897. The first-order chi connectivity index (χ1) is 9.08. The third-order valence-corrected chi connectivity index (χ3v) is 3.80. The Labute approximate surface area is 116 Å². The molecule has 3 nitrogen and oxygen atoms in total. The summed E-state index contributed by atoms with van der Waals surface area (Å²) in [6, 6.07) is 3.96. The van der Waals surface area contributed by atoms with Crippen molar-refractivity contribution in [3.05, 3.63) is 34.6 Å². The Kier molecular flexibility index (Phi) is 4.77. The fraction of sp³-hybridized carbons (Fsp3) is 0.500. The lowest BCUT2D eigenvalue weighted by atomic mass is 9.86. The van der Waals surface area contributed by atoms with Crippen molar-refractivity contribution >= 4 is 17.5 Å². The van der Waals surface area contributed by atoms with Gasteiger partial charge in [0.15, 0.2) is 0 Å². The maximum absolute atomic E-state index is 13.5. The second-order valence-corrected chi connectivity index (χ2v) is 5.38. The molecule has 1 aliphatic rings. The highest BCUT2D eigenvalue weighted by Crippen LogP contribution is 2.23. The number of rotatable bonds is 3. The lowest BCUT2D eigenvalue weighted by Crippen LogP contribution is -2.36. The third kappa shape index (κ3) is 3.67. The van der Waals surface area contributed by atoms with E-state index in [2.05, 4.69) is 5.32 Å². The Morgan fingerprint density at radius 3 is 2.84 bits per heavy atom. The summed E-state index contributed by atoms with van der Waals surface area (Å²) in [5.74, 6) is -1.03. The van der Waals surface area contributed by atoms with E-state index < -0.39 is 11.7 Å². The molecule has 0 heterocycles. The van der Waals surface area contributed by atoms with Crippen molar-refractivity contribution in [1.29, 1.82) is 0 Å². The zero-order valence-corrected chi connectivity index (χ0v) is 11.3. The zero-order valence-electron chi connectivity index (χ0n) is 10.5. The first-order valence-electron chi connectivity index (χ1n) is 6.49. The molecule has 0 bridgehead atoms. The summed E-state index contributed by atoms with van der Waals surface area (Å²) in [7, 11) is 0. The normalized spacial score (nSPS) is 23.1. The molecule has 2 atom stereocenters. The van der Waals surface area contributed by atoms with Crippen LogP contribution in [0.4, 0.5) is 4.39 Å². The van der Waals surface area contributed by atoms with Crippen molar-refractivity contribution in [3.8, 4) is 0 Å². The van der Waals surface area contributed by atoms with E-state index in [0.717, 1.165) is 31.7 Å². The van der Waals surface area contributed by atoms with E-state index in [1.807, 2.05) is 0 Å². The number of nitrogens with one attached hydrogen (secondary N) is 1. The highest BCUT2D eigenvalue weighted by molar-refractivity contribution is 6.30. The van der Waals surface area contributed by atoms with Crippen LogP contribution in [-0.4, -0.2) is 23.7 Å². The van der Waals surface area contributed by atoms with Gasteiger partial charge >= 0.3 is 0 Å². The van der Waals surface area contributed by atoms with Crippen molar-refractivity contribution in [3.63, 3.8) is 0 Å². The Bertz CT molecular complexity index is 467. The Hall–Kier alpha value is -1.13. The molecule has 19 heavy (non-hydrogen) atoms. The number of hydrogen-bond acceptors (Lipinski definition) is 2. The average Bonchev–Trinajstić information content (AvgIpc) is 2.37. The average molecular weight is 286 g/mol. The number of benzene rings is 1. The number of aliphatic hydroxyl groups is 1. The topological polar surface area (TPSA) is 49.3 Å². The summed E-state index contributed by atoms with van der Waals surface area (Å²) in [6.45, 7) is 0.377. The van der Waals surface area contributed by atoms with Gasteiger partial charge in [0.2, 0.25) is 0 Å². The van der Waals surface area contributed by atoms with Gasteiger partial charge in [0.1, 0.15) is 5.82 Å². The van der Waals surface area contributed by atoms with Crippen LogP contribution in [0.25, 0.3) is 0 Å². The lowest BCUT2D eigenvalue weighted by Gasteiger charge is -2.27. The highest BCUT2D eigenvalue weighted by atomic mass is 35.5. The molecule has 0 aromatic heterocycles. The minimum atomic E-state index is -0.630. The molecule has 0 aliphatic heterocycles. The number of hydrogen-bond donors (Lipinski definition) is 2. The first-order valence-corrected chi connectivity index (χ1v) is 6.87. The summed E-state index contributed by atoms with van der Waals surface area (Å²) >= 11 is 5.63.